The van der Waals surface area contributed by atoms with Crippen molar-refractivity contribution >= 4 is 28.9 Å². The minimum Gasteiger partial charge on any atom is -0.339 e. The van der Waals surface area contributed by atoms with E-state index in [0.717, 1.165) is 41.0 Å². The summed E-state index contributed by atoms with van der Waals surface area (Å²) < 4.78 is 0. The number of ketones is 1. The van der Waals surface area contributed by atoms with Gasteiger partial charge in [0.15, 0.2) is 5.78 Å². The summed E-state index contributed by atoms with van der Waals surface area (Å²) in [5, 5.41) is 6.66. The predicted octanol–water partition coefficient (Wildman–Crippen LogP) is 5.10. The number of Topliss-reactive ketones (excluding diaryl/α,β-unsaturated/α-hetero) is 1. The highest BCUT2D eigenvalue weighted by atomic mass is 16.1. The van der Waals surface area contributed by atoms with Gasteiger partial charge >= 0.3 is 0 Å². The van der Waals surface area contributed by atoms with Crippen LogP contribution in [0, 0.1) is 13.8 Å². The molecule has 27 heavy (non-hydrogen) atoms. The van der Waals surface area contributed by atoms with Crippen molar-refractivity contribution in [3.05, 3.63) is 70.9 Å². The SMILES string of the molecule is Cc1cccc(C)c1Nc1nc(Nc2ccccc2)nc2c1C(=O)CCC2. The molecule has 0 amide bonds. The van der Waals surface area contributed by atoms with E-state index in [1.165, 1.54) is 0 Å². The van der Waals surface area contributed by atoms with E-state index in [1.807, 2.05) is 62.4 Å². The van der Waals surface area contributed by atoms with Gasteiger partial charge in [0.1, 0.15) is 5.82 Å². The van der Waals surface area contributed by atoms with E-state index in [4.69, 9.17) is 0 Å². The molecule has 0 aliphatic heterocycles. The maximum Gasteiger partial charge on any atom is 0.229 e. The zero-order valence-electron chi connectivity index (χ0n) is 15.5. The smallest absolute Gasteiger partial charge is 0.229 e. The molecule has 0 saturated carbocycles. The quantitative estimate of drug-likeness (QED) is 0.679. The molecule has 0 bridgehead atoms. The minimum absolute atomic E-state index is 0.108. The number of fused-ring (bicyclic) bond motifs is 1. The number of hydrogen-bond donors (Lipinski definition) is 2. The van der Waals surface area contributed by atoms with Crippen LogP contribution in [0.1, 0.15) is 40.0 Å². The second-order valence-electron chi connectivity index (χ2n) is 6.88. The molecule has 5 heteroatoms. The van der Waals surface area contributed by atoms with Gasteiger partial charge in [-0.25, -0.2) is 4.98 Å². The average Bonchev–Trinajstić information content (AvgIpc) is 2.65. The fourth-order valence-electron chi connectivity index (χ4n) is 3.45. The van der Waals surface area contributed by atoms with Crippen LogP contribution in [0.3, 0.4) is 0 Å². The molecule has 2 N–H and O–H groups in total. The molecule has 0 unspecified atom stereocenters. The minimum atomic E-state index is 0.108. The molecular weight excluding hydrogens is 336 g/mol. The Morgan fingerprint density at radius 1 is 0.852 bits per heavy atom. The van der Waals surface area contributed by atoms with Crippen molar-refractivity contribution in [2.75, 3.05) is 10.6 Å². The van der Waals surface area contributed by atoms with Crippen molar-refractivity contribution in [1.82, 2.24) is 9.97 Å². The maximum atomic E-state index is 12.6. The van der Waals surface area contributed by atoms with Crippen molar-refractivity contribution < 1.29 is 4.79 Å². The second kappa shape index (κ2) is 7.19. The lowest BCUT2D eigenvalue weighted by atomic mass is 9.95. The van der Waals surface area contributed by atoms with Gasteiger partial charge in [-0.3, -0.25) is 4.79 Å². The molecule has 136 valence electrons. The summed E-state index contributed by atoms with van der Waals surface area (Å²) in [6.45, 7) is 4.10. The summed E-state index contributed by atoms with van der Waals surface area (Å²) in [6.07, 6.45) is 2.16. The summed E-state index contributed by atoms with van der Waals surface area (Å²) in [4.78, 5) is 21.9. The number of carbonyl (C=O) groups excluding carboxylic acids is 1. The van der Waals surface area contributed by atoms with Gasteiger partial charge in [-0.1, -0.05) is 36.4 Å². The van der Waals surface area contributed by atoms with Gasteiger partial charge < -0.3 is 10.6 Å². The number of nitrogens with zero attached hydrogens (tertiary/aromatic N) is 2. The number of hydrogen-bond acceptors (Lipinski definition) is 5. The Hall–Kier alpha value is -3.21. The lowest BCUT2D eigenvalue weighted by molar-refractivity contribution is 0.0972. The van der Waals surface area contributed by atoms with Crippen molar-refractivity contribution in [3.63, 3.8) is 0 Å². The van der Waals surface area contributed by atoms with Crippen molar-refractivity contribution in [1.29, 1.82) is 0 Å². The molecule has 0 fully saturated rings. The molecule has 1 aliphatic rings. The van der Waals surface area contributed by atoms with Crippen LogP contribution in [0.4, 0.5) is 23.1 Å². The number of benzene rings is 2. The van der Waals surface area contributed by atoms with Gasteiger partial charge in [-0.05, 0) is 49.9 Å². The van der Waals surface area contributed by atoms with E-state index >= 15 is 0 Å². The first-order valence-corrected chi connectivity index (χ1v) is 9.21. The van der Waals surface area contributed by atoms with E-state index < -0.39 is 0 Å². The number of anilines is 4. The zero-order chi connectivity index (χ0) is 18.8. The van der Waals surface area contributed by atoms with E-state index in [2.05, 4.69) is 20.6 Å². The molecule has 1 aromatic heterocycles. The van der Waals surface area contributed by atoms with Gasteiger partial charge in [-0.2, -0.15) is 4.98 Å². The molecule has 1 heterocycles. The summed E-state index contributed by atoms with van der Waals surface area (Å²) in [6, 6.07) is 15.9. The number of nitrogens with one attached hydrogen (secondary N) is 2. The van der Waals surface area contributed by atoms with Crippen LogP contribution in [0.25, 0.3) is 0 Å². The average molecular weight is 358 g/mol. The van der Waals surface area contributed by atoms with Crippen LogP contribution in [-0.2, 0) is 6.42 Å². The molecule has 0 spiro atoms. The van der Waals surface area contributed by atoms with Crippen LogP contribution in [0.5, 0.6) is 0 Å². The molecule has 2 aromatic carbocycles. The number of carbonyl (C=O) groups is 1. The molecular formula is C22H22N4O. The van der Waals surface area contributed by atoms with Crippen molar-refractivity contribution in [2.45, 2.75) is 33.1 Å². The number of rotatable bonds is 4. The Labute approximate surface area is 158 Å². The summed E-state index contributed by atoms with van der Waals surface area (Å²) >= 11 is 0. The van der Waals surface area contributed by atoms with Gasteiger partial charge in [0, 0.05) is 17.8 Å². The number of aromatic nitrogens is 2. The second-order valence-corrected chi connectivity index (χ2v) is 6.88. The molecule has 3 aromatic rings. The van der Waals surface area contributed by atoms with E-state index in [0.29, 0.717) is 23.8 Å². The monoisotopic (exact) mass is 358 g/mol. The Bertz CT molecular complexity index is 978. The van der Waals surface area contributed by atoms with E-state index in [9.17, 15) is 4.79 Å². The van der Waals surface area contributed by atoms with Gasteiger partial charge in [0.25, 0.3) is 0 Å². The molecule has 0 radical (unpaired) electrons. The Kier molecular flexibility index (Phi) is 4.59. The topological polar surface area (TPSA) is 66.9 Å². The van der Waals surface area contributed by atoms with Crippen LogP contribution in [-0.4, -0.2) is 15.8 Å². The predicted molar refractivity (Wildman–Crippen MR) is 108 cm³/mol. The first-order valence-electron chi connectivity index (χ1n) is 9.21. The summed E-state index contributed by atoms with van der Waals surface area (Å²) in [5.41, 5.74) is 5.57. The fraction of sp³-hybridized carbons (Fsp3) is 0.227. The van der Waals surface area contributed by atoms with Gasteiger partial charge in [0.05, 0.1) is 11.3 Å². The highest BCUT2D eigenvalue weighted by Gasteiger charge is 2.25. The Morgan fingerprint density at radius 3 is 2.33 bits per heavy atom. The standard InChI is InChI=1S/C22H22N4O/c1-14-8-6-9-15(2)20(14)25-21-19-17(12-7-13-18(19)27)24-22(26-21)23-16-10-4-3-5-11-16/h3-6,8-11H,7,12-13H2,1-2H3,(H2,23,24,25,26). The maximum absolute atomic E-state index is 12.6. The van der Waals surface area contributed by atoms with Crippen LogP contribution < -0.4 is 10.6 Å². The normalized spacial score (nSPS) is 13.2. The van der Waals surface area contributed by atoms with Crippen LogP contribution >= 0.6 is 0 Å². The first-order chi connectivity index (χ1) is 13.1. The van der Waals surface area contributed by atoms with Crippen LogP contribution in [0.15, 0.2) is 48.5 Å². The van der Waals surface area contributed by atoms with Crippen molar-refractivity contribution in [2.24, 2.45) is 0 Å². The number of aryl methyl sites for hydroxylation is 3. The molecule has 0 saturated heterocycles. The zero-order valence-corrected chi connectivity index (χ0v) is 15.5. The Balaban J connectivity index is 1.78. The Morgan fingerprint density at radius 2 is 1.59 bits per heavy atom. The largest absolute Gasteiger partial charge is 0.339 e. The van der Waals surface area contributed by atoms with Gasteiger partial charge in [-0.15, -0.1) is 0 Å². The van der Waals surface area contributed by atoms with Crippen molar-refractivity contribution in [3.8, 4) is 0 Å². The third kappa shape index (κ3) is 3.53. The number of para-hydroxylation sites is 2. The third-order valence-electron chi connectivity index (χ3n) is 4.83. The summed E-state index contributed by atoms with van der Waals surface area (Å²) in [5.74, 6) is 1.19. The van der Waals surface area contributed by atoms with E-state index in [1.54, 1.807) is 0 Å². The molecule has 1 aliphatic carbocycles. The fourth-order valence-corrected chi connectivity index (χ4v) is 3.45. The van der Waals surface area contributed by atoms with Crippen LogP contribution in [0.2, 0.25) is 0 Å². The highest BCUT2D eigenvalue weighted by molar-refractivity contribution is 6.03. The summed E-state index contributed by atoms with van der Waals surface area (Å²) in [7, 11) is 0. The molecule has 5 nitrogen and oxygen atoms in total. The third-order valence-corrected chi connectivity index (χ3v) is 4.83. The lowest BCUT2D eigenvalue weighted by Crippen LogP contribution is -2.18. The lowest BCUT2D eigenvalue weighted by Gasteiger charge is -2.20. The van der Waals surface area contributed by atoms with E-state index in [-0.39, 0.29) is 5.78 Å². The first kappa shape index (κ1) is 17.2. The van der Waals surface area contributed by atoms with Gasteiger partial charge in [0.2, 0.25) is 5.95 Å². The highest BCUT2D eigenvalue weighted by Crippen LogP contribution is 2.31. The molecule has 4 rings (SSSR count). The molecule has 0 atom stereocenters.